The minimum absolute atomic E-state index is 0.00415. The van der Waals surface area contributed by atoms with Gasteiger partial charge in [0.1, 0.15) is 66.5 Å². The van der Waals surface area contributed by atoms with E-state index in [1.165, 1.54) is 6.92 Å². The molecule has 622 valence electrons. The number of nitrogens with two attached hydrogens (primary N) is 12. The third kappa shape index (κ3) is 34.9. The first kappa shape index (κ1) is 95.8. The summed E-state index contributed by atoms with van der Waals surface area (Å²) in [6, 6.07) is -8.72. The molecule has 0 saturated carbocycles. The summed E-state index contributed by atoms with van der Waals surface area (Å²) < 4.78 is 0. The lowest BCUT2D eigenvalue weighted by molar-refractivity contribution is -0.137. The number of rotatable bonds is 51. The van der Waals surface area contributed by atoms with Crippen molar-refractivity contribution in [2.24, 2.45) is 123 Å². The maximum atomic E-state index is 15.0. The molecule has 41 nitrogen and oxygen atoms in total. The van der Waals surface area contributed by atoms with Crippen LogP contribution in [0.15, 0.2) is 55.4 Å². The van der Waals surface area contributed by atoms with Crippen LogP contribution in [0.1, 0.15) is 152 Å². The molecule has 0 spiro atoms. The zero-order valence-corrected chi connectivity index (χ0v) is 65.8. The molecule has 2 aromatic rings. The molecule has 2 rings (SSSR count). The van der Waals surface area contributed by atoms with E-state index in [9.17, 15) is 57.5 Å². The maximum Gasteiger partial charge on any atom is 0.243 e. The van der Waals surface area contributed by atoms with E-state index in [-0.39, 0.29) is 133 Å². The number of guanidine groups is 5. The Morgan fingerprint density at radius 3 is 1.07 bits per heavy atom. The van der Waals surface area contributed by atoms with Crippen LogP contribution in [0.2, 0.25) is 0 Å². The van der Waals surface area contributed by atoms with Gasteiger partial charge in [0.25, 0.3) is 0 Å². The first-order valence-electron chi connectivity index (χ1n) is 37.3. The summed E-state index contributed by atoms with van der Waals surface area (Å²) in [4.78, 5) is 193. The van der Waals surface area contributed by atoms with Gasteiger partial charge in [-0.1, -0.05) is 100 Å². The van der Waals surface area contributed by atoms with Gasteiger partial charge in [0.2, 0.25) is 70.9 Å². The molecule has 1 aromatic heterocycles. The Morgan fingerprint density at radius 2 is 0.667 bits per heavy atom. The zero-order chi connectivity index (χ0) is 83.9. The van der Waals surface area contributed by atoms with E-state index in [1.807, 2.05) is 6.07 Å². The van der Waals surface area contributed by atoms with Gasteiger partial charge in [-0.2, -0.15) is 0 Å². The van der Waals surface area contributed by atoms with Gasteiger partial charge in [-0.15, -0.1) is 0 Å². The van der Waals surface area contributed by atoms with Gasteiger partial charge in [0, 0.05) is 56.2 Å². The van der Waals surface area contributed by atoms with Crippen LogP contribution in [0, 0.1) is 29.6 Å². The second kappa shape index (κ2) is 49.0. The molecule has 0 bridgehead atoms. The summed E-state index contributed by atoms with van der Waals surface area (Å²) in [6.07, 6.45) is 2.50. The Kier molecular flexibility index (Phi) is 42.3. The lowest BCUT2D eigenvalue weighted by Crippen LogP contribution is -2.62. The molecule has 0 aliphatic carbocycles. The van der Waals surface area contributed by atoms with Crippen LogP contribution in [0.5, 0.6) is 0 Å². The number of para-hydroxylation sites is 1. The highest BCUT2D eigenvalue weighted by Crippen LogP contribution is 2.21. The third-order valence-corrected chi connectivity index (χ3v) is 18.3. The number of fused-ring (bicyclic) bond motifs is 1. The van der Waals surface area contributed by atoms with Crippen molar-refractivity contribution in [1.29, 1.82) is 0 Å². The van der Waals surface area contributed by atoms with E-state index in [1.54, 1.807) is 93.6 Å². The smallest absolute Gasteiger partial charge is 0.243 e. The van der Waals surface area contributed by atoms with Crippen molar-refractivity contribution in [3.63, 3.8) is 0 Å². The first-order chi connectivity index (χ1) is 52.1. The normalized spacial score (nSPS) is 14.9. The SMILES string of the molecule is CC[C@H](C)[C@H](NC(=O)[C@H](CCCN=C(N)N)NC(=O)[C@@H](NC(=O)[C@H](C)NC(=O)[C@@H](NC(=O)[C@@H](NC(=O)[C@H](CCN=C(N)N)NC(=O)[C@H](CCCN=C(N)N)NC(=O)[C@@H](N)C(C)C)[C@@H](C)CC)C(C)C)C(C)C)C(=O)N[C@@H](Cc1c[nH]c2ccccc12)C(=O)N[C@@H](CCCN=C(N)N)C(=O)N[C@@H](CCCN=C(N)N)C(N)=O. The summed E-state index contributed by atoms with van der Waals surface area (Å²) >= 11 is 0. The number of aromatic nitrogens is 1. The van der Waals surface area contributed by atoms with Gasteiger partial charge >= 0.3 is 0 Å². The number of benzene rings is 1. The van der Waals surface area contributed by atoms with Crippen molar-refractivity contribution in [1.82, 2.24) is 63.5 Å². The van der Waals surface area contributed by atoms with Gasteiger partial charge < -0.3 is 132 Å². The van der Waals surface area contributed by atoms with Crippen LogP contribution in [-0.2, 0) is 64.0 Å². The summed E-state index contributed by atoms with van der Waals surface area (Å²) in [5.41, 5.74) is 68.6. The number of H-pyrrole nitrogens is 1. The molecule has 0 radical (unpaired) electrons. The molecule has 0 unspecified atom stereocenters. The van der Waals surface area contributed by atoms with Gasteiger partial charge in [0.15, 0.2) is 29.8 Å². The fourth-order valence-electron chi connectivity index (χ4n) is 11.2. The quantitative estimate of drug-likeness (QED) is 0.0166. The molecule has 1 heterocycles. The monoisotopic (exact) mass is 1560 g/mol. The topological polar surface area (TPSA) is 727 Å². The molecule has 0 aliphatic rings. The van der Waals surface area contributed by atoms with E-state index in [0.717, 1.165) is 0 Å². The molecular weight excluding hydrogens is 1440 g/mol. The highest BCUT2D eigenvalue weighted by molar-refractivity contribution is 6.00. The van der Waals surface area contributed by atoms with Crippen LogP contribution in [0.3, 0.4) is 0 Å². The molecule has 0 aliphatic heterocycles. The molecule has 14 atom stereocenters. The number of hydrogen-bond donors (Lipinski definition) is 24. The van der Waals surface area contributed by atoms with E-state index < -0.39 is 167 Å². The molecule has 1 aromatic carbocycles. The van der Waals surface area contributed by atoms with Crippen LogP contribution in [0.4, 0.5) is 0 Å². The molecule has 111 heavy (non-hydrogen) atoms. The summed E-state index contributed by atoms with van der Waals surface area (Å²) in [7, 11) is 0. The number of hydrogen-bond acceptors (Lipinski definition) is 18. The maximum absolute atomic E-state index is 15.0. The minimum atomic E-state index is -1.45. The van der Waals surface area contributed by atoms with Crippen molar-refractivity contribution < 1.29 is 57.5 Å². The summed E-state index contributed by atoms with van der Waals surface area (Å²) in [5.74, 6) is -13.9. The number of aromatic amines is 1. The van der Waals surface area contributed by atoms with Crippen molar-refractivity contribution in [3.8, 4) is 0 Å². The third-order valence-electron chi connectivity index (χ3n) is 18.3. The van der Waals surface area contributed by atoms with Crippen molar-refractivity contribution in [2.75, 3.05) is 32.7 Å². The fraction of sp³-hybridized carbons (Fsp3) is 0.643. The molecule has 0 saturated heterocycles. The van der Waals surface area contributed by atoms with Crippen molar-refractivity contribution in [2.45, 2.75) is 226 Å². The van der Waals surface area contributed by atoms with Crippen molar-refractivity contribution in [3.05, 3.63) is 36.0 Å². The van der Waals surface area contributed by atoms with Gasteiger partial charge in [0.05, 0.1) is 6.04 Å². The molecule has 12 amide bonds. The number of nitrogens with zero attached hydrogens (tertiary/aromatic N) is 5. The Labute approximate surface area is 647 Å². The predicted octanol–water partition coefficient (Wildman–Crippen LogP) is -6.19. The lowest BCUT2D eigenvalue weighted by Gasteiger charge is -2.31. The average Bonchev–Trinajstić information content (AvgIpc) is 1.72. The number of carbonyl (C=O) groups is 12. The highest BCUT2D eigenvalue weighted by Gasteiger charge is 2.39. The molecule has 0 fully saturated rings. The standard InChI is InChI=1S/C70H125N29O12/c1-12-37(9)52(64(110)95-48(32-40-33-88-42-21-15-14-20-41(40)42)60(106)91-44(23-17-28-84-67(75)76)56(102)90-43(54(72)100)22-16-27-83-66(73)74)98-58(104)46(25-19-30-86-69(79)80)94-63(109)51(36(7)8)96-55(101)39(11)89-62(108)50(35(5)6)97-65(111)53(38(10)13-2)99-59(105)47(26-31-87-70(81)82)92-57(103)45(24-18-29-85-68(77)78)93-61(107)49(71)34(3)4/h14-15,20-21,33-39,43-53,88H,12-13,16-19,22-32,71H2,1-11H3,(H2,72,100)(H,89,108)(H,90,102)(H,91,106)(H,92,103)(H,93,107)(H,94,109)(H,95,110)(H,96,101)(H,97,111)(H,98,104)(H,99,105)(H4,73,74,83)(H4,75,76,84)(H4,77,78,85)(H4,79,80,86)(H4,81,82,87)/t37-,38-,39-,43-,44-,45-,46-,47-,48-,49-,50-,51-,52-,53-/m0/s1. The second-order valence-corrected chi connectivity index (χ2v) is 28.4. The zero-order valence-electron chi connectivity index (χ0n) is 65.8. The van der Waals surface area contributed by atoms with Crippen LogP contribution < -0.4 is 127 Å². The first-order valence-corrected chi connectivity index (χ1v) is 37.3. The number of carbonyl (C=O) groups excluding carboxylic acids is 12. The van der Waals surface area contributed by atoms with Gasteiger partial charge in [-0.25, -0.2) is 0 Å². The molecule has 36 N–H and O–H groups in total. The van der Waals surface area contributed by atoms with Gasteiger partial charge in [-0.05, 0) is 106 Å². The largest absolute Gasteiger partial charge is 0.370 e. The van der Waals surface area contributed by atoms with Crippen LogP contribution >= 0.6 is 0 Å². The fourth-order valence-corrected chi connectivity index (χ4v) is 11.2. The van der Waals surface area contributed by atoms with E-state index in [0.29, 0.717) is 29.3 Å². The number of amides is 12. The van der Waals surface area contributed by atoms with Gasteiger partial charge in [-0.3, -0.25) is 82.5 Å². The molecular formula is C70H125N29O12. The Balaban J connectivity index is 2.54. The Morgan fingerprint density at radius 1 is 0.351 bits per heavy atom. The lowest BCUT2D eigenvalue weighted by atomic mass is 9.95. The highest BCUT2D eigenvalue weighted by atomic mass is 16.2. The summed E-state index contributed by atoms with van der Waals surface area (Å²) in [5, 5.41) is 30.3. The van der Waals surface area contributed by atoms with E-state index in [2.05, 4.69) is 88.4 Å². The van der Waals surface area contributed by atoms with E-state index >= 15 is 0 Å². The summed E-state index contributed by atoms with van der Waals surface area (Å²) in [6.45, 7) is 18.2. The van der Waals surface area contributed by atoms with Crippen LogP contribution in [0.25, 0.3) is 10.9 Å². The molecule has 41 heteroatoms. The second-order valence-electron chi connectivity index (χ2n) is 28.4. The minimum Gasteiger partial charge on any atom is -0.370 e. The number of primary amides is 1. The Hall–Kier alpha value is -11.3. The Bertz CT molecular complexity index is 3560. The number of aliphatic imine (C=N–C) groups is 5. The van der Waals surface area contributed by atoms with E-state index in [4.69, 9.17) is 68.8 Å². The average molecular weight is 1560 g/mol. The van der Waals surface area contributed by atoms with Crippen LogP contribution in [-0.4, -0.2) is 211 Å². The number of nitrogens with one attached hydrogen (secondary N) is 12. The van der Waals surface area contributed by atoms with Crippen molar-refractivity contribution >= 4 is 112 Å². The predicted molar refractivity (Wildman–Crippen MR) is 424 cm³/mol.